The van der Waals surface area contributed by atoms with Gasteiger partial charge < -0.3 is 26.0 Å². The number of aromatic carboxylic acids is 3. The molecule has 3 aromatic carbocycles. The summed E-state index contributed by atoms with van der Waals surface area (Å²) in [6, 6.07) is 15.5. The van der Waals surface area contributed by atoms with Crippen LogP contribution in [0.5, 0.6) is 0 Å². The predicted octanol–water partition coefficient (Wildman–Crippen LogP) is 3.76. The van der Waals surface area contributed by atoms with Crippen LogP contribution < -0.4 is 10.6 Å². The second-order valence-corrected chi connectivity index (χ2v) is 8.12. The Labute approximate surface area is 202 Å². The fourth-order valence-corrected chi connectivity index (χ4v) is 3.66. The molecule has 0 saturated carbocycles. The fourth-order valence-electron chi connectivity index (χ4n) is 2.96. The molecule has 11 heteroatoms. The van der Waals surface area contributed by atoms with E-state index in [-0.39, 0.29) is 28.4 Å². The van der Waals surface area contributed by atoms with Gasteiger partial charge in [-0.25, -0.2) is 14.4 Å². The number of amides is 2. The molecule has 0 aromatic heterocycles. The second kappa shape index (κ2) is 11.0. The molecule has 10 nitrogen and oxygen atoms in total. The minimum absolute atomic E-state index is 0.0565. The van der Waals surface area contributed by atoms with Gasteiger partial charge in [0.1, 0.15) is 0 Å². The SMILES string of the molecule is O=C(CSc1ccc(NC(=O)c2ccc(C(=O)O)cc2C(=O)O)cc1)Nc1cccc(C(=O)O)c1. The quantitative estimate of drug-likeness (QED) is 0.278. The smallest absolute Gasteiger partial charge is 0.336 e. The summed E-state index contributed by atoms with van der Waals surface area (Å²) in [5.74, 6) is -4.84. The average Bonchev–Trinajstić information content (AvgIpc) is 2.83. The Hall–Kier alpha value is -4.64. The van der Waals surface area contributed by atoms with E-state index < -0.39 is 29.4 Å². The lowest BCUT2D eigenvalue weighted by Crippen LogP contribution is -2.17. The normalized spacial score (nSPS) is 10.3. The monoisotopic (exact) mass is 494 g/mol. The molecule has 0 fully saturated rings. The number of hydrogen-bond donors (Lipinski definition) is 5. The summed E-state index contributed by atoms with van der Waals surface area (Å²) in [4.78, 5) is 59.0. The van der Waals surface area contributed by atoms with E-state index in [2.05, 4.69) is 10.6 Å². The van der Waals surface area contributed by atoms with Gasteiger partial charge in [0.05, 0.1) is 28.0 Å². The molecular weight excluding hydrogens is 476 g/mol. The van der Waals surface area contributed by atoms with Crippen molar-refractivity contribution in [2.75, 3.05) is 16.4 Å². The Kier molecular flexibility index (Phi) is 7.85. The van der Waals surface area contributed by atoms with Gasteiger partial charge in [-0.15, -0.1) is 11.8 Å². The van der Waals surface area contributed by atoms with Gasteiger partial charge in [0.2, 0.25) is 5.91 Å². The van der Waals surface area contributed by atoms with Crippen molar-refractivity contribution >= 4 is 52.9 Å². The van der Waals surface area contributed by atoms with Crippen molar-refractivity contribution in [2.24, 2.45) is 0 Å². The van der Waals surface area contributed by atoms with E-state index in [0.29, 0.717) is 11.4 Å². The lowest BCUT2D eigenvalue weighted by molar-refractivity contribution is -0.113. The Morgan fingerprint density at radius 3 is 1.94 bits per heavy atom. The number of anilines is 2. The van der Waals surface area contributed by atoms with Crippen molar-refractivity contribution in [1.29, 1.82) is 0 Å². The highest BCUT2D eigenvalue weighted by Gasteiger charge is 2.19. The molecule has 0 aliphatic carbocycles. The molecule has 0 radical (unpaired) electrons. The van der Waals surface area contributed by atoms with Gasteiger partial charge >= 0.3 is 17.9 Å². The lowest BCUT2D eigenvalue weighted by atomic mass is 10.0. The van der Waals surface area contributed by atoms with E-state index in [9.17, 15) is 29.1 Å². The highest BCUT2D eigenvalue weighted by atomic mass is 32.2. The standard InChI is InChI=1S/C24H18N2O8S/c27-20(25-16-3-1-2-13(10-16)22(29)30)12-35-17-7-5-15(6-8-17)26-21(28)18-9-4-14(23(31)32)11-19(18)24(33)34/h1-11H,12H2,(H,25,27)(H,26,28)(H,29,30)(H,31,32)(H,33,34). The summed E-state index contributed by atoms with van der Waals surface area (Å²) in [6.07, 6.45) is 0. The Bertz CT molecular complexity index is 1320. The molecule has 3 aromatic rings. The number of hydrogen-bond acceptors (Lipinski definition) is 6. The van der Waals surface area contributed by atoms with Crippen LogP contribution in [-0.4, -0.2) is 50.8 Å². The van der Waals surface area contributed by atoms with Crippen LogP contribution in [-0.2, 0) is 4.79 Å². The first kappa shape index (κ1) is 25.0. The van der Waals surface area contributed by atoms with E-state index >= 15 is 0 Å². The summed E-state index contributed by atoms with van der Waals surface area (Å²) in [6.45, 7) is 0. The maximum Gasteiger partial charge on any atom is 0.336 e. The molecule has 0 atom stereocenters. The summed E-state index contributed by atoms with van der Waals surface area (Å²) >= 11 is 1.22. The molecule has 0 aliphatic heterocycles. The van der Waals surface area contributed by atoms with Gasteiger partial charge in [-0.3, -0.25) is 9.59 Å². The third kappa shape index (κ3) is 6.68. The fraction of sp³-hybridized carbons (Fsp3) is 0.0417. The van der Waals surface area contributed by atoms with Gasteiger partial charge in [0.15, 0.2) is 0 Å². The number of carbonyl (C=O) groups is 5. The molecule has 0 bridgehead atoms. The van der Waals surface area contributed by atoms with E-state index in [1.54, 1.807) is 30.3 Å². The molecule has 0 heterocycles. The zero-order chi connectivity index (χ0) is 25.5. The van der Waals surface area contributed by atoms with E-state index in [0.717, 1.165) is 23.1 Å². The second-order valence-electron chi connectivity index (χ2n) is 7.07. The molecular formula is C24H18N2O8S. The summed E-state index contributed by atoms with van der Waals surface area (Å²) in [7, 11) is 0. The van der Waals surface area contributed by atoms with Gasteiger partial charge in [0, 0.05) is 16.3 Å². The van der Waals surface area contributed by atoms with Gasteiger partial charge in [0.25, 0.3) is 5.91 Å². The van der Waals surface area contributed by atoms with Crippen molar-refractivity contribution in [3.05, 3.63) is 89.0 Å². The van der Waals surface area contributed by atoms with Gasteiger partial charge in [-0.05, 0) is 60.7 Å². The van der Waals surface area contributed by atoms with Gasteiger partial charge in [-0.2, -0.15) is 0 Å². The van der Waals surface area contributed by atoms with Crippen LogP contribution in [0.4, 0.5) is 11.4 Å². The summed E-state index contributed by atoms with van der Waals surface area (Å²) < 4.78 is 0. The van der Waals surface area contributed by atoms with Crippen LogP contribution in [0, 0.1) is 0 Å². The van der Waals surface area contributed by atoms with Crippen LogP contribution in [0.25, 0.3) is 0 Å². The summed E-state index contributed by atoms with van der Waals surface area (Å²) in [5, 5.41) is 32.5. The third-order valence-electron chi connectivity index (χ3n) is 4.62. The van der Waals surface area contributed by atoms with Crippen LogP contribution >= 0.6 is 11.8 Å². The molecule has 0 spiro atoms. The number of nitrogens with one attached hydrogen (secondary N) is 2. The molecule has 0 unspecified atom stereocenters. The van der Waals surface area contributed by atoms with E-state index in [1.165, 1.54) is 30.0 Å². The number of thioether (sulfide) groups is 1. The maximum atomic E-state index is 12.5. The van der Waals surface area contributed by atoms with E-state index in [4.69, 9.17) is 10.2 Å². The largest absolute Gasteiger partial charge is 0.478 e. The van der Waals surface area contributed by atoms with Crippen molar-refractivity contribution in [3.63, 3.8) is 0 Å². The molecule has 0 saturated heterocycles. The van der Waals surface area contributed by atoms with Crippen molar-refractivity contribution in [3.8, 4) is 0 Å². The van der Waals surface area contributed by atoms with Crippen molar-refractivity contribution in [1.82, 2.24) is 0 Å². The number of carboxylic acid groups (broad SMARTS) is 3. The molecule has 2 amide bonds. The first-order chi connectivity index (χ1) is 16.6. The first-order valence-corrected chi connectivity index (χ1v) is 10.9. The Morgan fingerprint density at radius 1 is 0.657 bits per heavy atom. The first-order valence-electron chi connectivity index (χ1n) is 9.92. The molecule has 35 heavy (non-hydrogen) atoms. The number of rotatable bonds is 9. The maximum absolute atomic E-state index is 12.5. The molecule has 3 rings (SSSR count). The minimum atomic E-state index is -1.43. The lowest BCUT2D eigenvalue weighted by Gasteiger charge is -2.10. The van der Waals surface area contributed by atoms with Crippen LogP contribution in [0.3, 0.4) is 0 Å². The highest BCUT2D eigenvalue weighted by molar-refractivity contribution is 8.00. The highest BCUT2D eigenvalue weighted by Crippen LogP contribution is 2.22. The zero-order valence-electron chi connectivity index (χ0n) is 17.8. The van der Waals surface area contributed by atoms with Crippen molar-refractivity contribution in [2.45, 2.75) is 4.90 Å². The number of carboxylic acids is 3. The zero-order valence-corrected chi connectivity index (χ0v) is 18.7. The van der Waals surface area contributed by atoms with Gasteiger partial charge in [-0.1, -0.05) is 6.07 Å². The van der Waals surface area contributed by atoms with E-state index in [1.807, 2.05) is 0 Å². The van der Waals surface area contributed by atoms with Crippen LogP contribution in [0.15, 0.2) is 71.6 Å². The van der Waals surface area contributed by atoms with Crippen molar-refractivity contribution < 1.29 is 39.3 Å². The topological polar surface area (TPSA) is 170 Å². The molecule has 5 N–H and O–H groups in total. The summed E-state index contributed by atoms with van der Waals surface area (Å²) in [5.41, 5.74) is -0.0852. The molecule has 0 aliphatic rings. The number of carbonyl (C=O) groups excluding carboxylic acids is 2. The minimum Gasteiger partial charge on any atom is -0.478 e. The third-order valence-corrected chi connectivity index (χ3v) is 5.63. The number of benzene rings is 3. The Balaban J connectivity index is 1.59. The average molecular weight is 494 g/mol. The predicted molar refractivity (Wildman–Crippen MR) is 128 cm³/mol. The molecule has 178 valence electrons. The Morgan fingerprint density at radius 2 is 1.31 bits per heavy atom. The van der Waals surface area contributed by atoms with Crippen LogP contribution in [0.2, 0.25) is 0 Å². The van der Waals surface area contributed by atoms with Crippen LogP contribution in [0.1, 0.15) is 41.4 Å².